The third kappa shape index (κ3) is 4.58. The maximum absolute atomic E-state index is 12.1. The topological polar surface area (TPSA) is 70.4 Å². The number of likely N-dealkylation sites (tertiary alicyclic amines) is 1. The summed E-state index contributed by atoms with van der Waals surface area (Å²) in [6.45, 7) is 4.72. The Morgan fingerprint density at radius 2 is 2.17 bits per heavy atom. The van der Waals surface area contributed by atoms with Crippen LogP contribution in [0.2, 0.25) is 0 Å². The number of carbonyl (C=O) groups excluding carboxylic acids is 1. The van der Waals surface area contributed by atoms with E-state index in [1.807, 2.05) is 43.5 Å². The van der Waals surface area contributed by atoms with Crippen LogP contribution in [-0.4, -0.2) is 35.0 Å². The Bertz CT molecular complexity index is 622. The Kier molecular flexibility index (Phi) is 5.48. The van der Waals surface area contributed by atoms with Crippen LogP contribution in [0.15, 0.2) is 47.2 Å². The zero-order chi connectivity index (χ0) is 16.8. The average molecular weight is 328 g/mol. The SMILES string of the molecule is C[C@H](NC(=O)NC1CCN(Cc2ccccn2)CC1)c1ccco1. The van der Waals surface area contributed by atoms with Crippen LogP contribution in [0.1, 0.15) is 37.3 Å². The molecule has 2 N–H and O–H groups in total. The molecule has 1 fully saturated rings. The van der Waals surface area contributed by atoms with Crippen LogP contribution < -0.4 is 10.6 Å². The fraction of sp³-hybridized carbons (Fsp3) is 0.444. The van der Waals surface area contributed by atoms with Crippen molar-refractivity contribution in [1.82, 2.24) is 20.5 Å². The lowest BCUT2D eigenvalue weighted by Gasteiger charge is -2.32. The minimum Gasteiger partial charge on any atom is -0.467 e. The molecule has 2 amide bonds. The lowest BCUT2D eigenvalue weighted by atomic mass is 10.0. The zero-order valence-corrected chi connectivity index (χ0v) is 13.9. The lowest BCUT2D eigenvalue weighted by molar-refractivity contribution is 0.184. The number of aromatic nitrogens is 1. The molecule has 128 valence electrons. The number of hydrogen-bond donors (Lipinski definition) is 2. The van der Waals surface area contributed by atoms with E-state index in [-0.39, 0.29) is 18.1 Å². The van der Waals surface area contributed by atoms with E-state index < -0.39 is 0 Å². The van der Waals surface area contributed by atoms with E-state index in [0.717, 1.165) is 43.9 Å². The van der Waals surface area contributed by atoms with Gasteiger partial charge in [0.15, 0.2) is 0 Å². The van der Waals surface area contributed by atoms with E-state index in [1.165, 1.54) is 0 Å². The van der Waals surface area contributed by atoms with Crippen molar-refractivity contribution < 1.29 is 9.21 Å². The molecule has 24 heavy (non-hydrogen) atoms. The lowest BCUT2D eigenvalue weighted by Crippen LogP contribution is -2.48. The van der Waals surface area contributed by atoms with E-state index in [9.17, 15) is 4.79 Å². The summed E-state index contributed by atoms with van der Waals surface area (Å²) in [7, 11) is 0. The van der Waals surface area contributed by atoms with Crippen molar-refractivity contribution in [3.05, 3.63) is 54.2 Å². The number of amides is 2. The molecule has 0 aliphatic carbocycles. The Morgan fingerprint density at radius 3 is 2.83 bits per heavy atom. The first-order valence-corrected chi connectivity index (χ1v) is 8.43. The summed E-state index contributed by atoms with van der Waals surface area (Å²) in [5, 5.41) is 5.98. The number of hydrogen-bond acceptors (Lipinski definition) is 4. The fourth-order valence-corrected chi connectivity index (χ4v) is 2.99. The maximum atomic E-state index is 12.1. The molecule has 6 heteroatoms. The Balaban J connectivity index is 1.39. The third-order valence-electron chi connectivity index (χ3n) is 4.35. The van der Waals surface area contributed by atoms with E-state index in [2.05, 4.69) is 20.5 Å². The van der Waals surface area contributed by atoms with Crippen LogP contribution in [-0.2, 0) is 6.54 Å². The molecule has 1 atom stereocenters. The molecule has 3 heterocycles. The number of piperidine rings is 1. The van der Waals surface area contributed by atoms with Gasteiger partial charge in [0, 0.05) is 31.9 Å². The Morgan fingerprint density at radius 1 is 1.33 bits per heavy atom. The average Bonchev–Trinajstić information content (AvgIpc) is 3.12. The van der Waals surface area contributed by atoms with E-state index >= 15 is 0 Å². The van der Waals surface area contributed by atoms with Gasteiger partial charge in [-0.2, -0.15) is 0 Å². The predicted octanol–water partition coefficient (Wildman–Crippen LogP) is 2.70. The minimum atomic E-state index is -0.137. The van der Waals surface area contributed by atoms with Gasteiger partial charge < -0.3 is 15.1 Å². The van der Waals surface area contributed by atoms with Gasteiger partial charge in [0.2, 0.25) is 0 Å². The largest absolute Gasteiger partial charge is 0.467 e. The maximum Gasteiger partial charge on any atom is 0.315 e. The highest BCUT2D eigenvalue weighted by Gasteiger charge is 2.21. The van der Waals surface area contributed by atoms with Gasteiger partial charge in [0.1, 0.15) is 5.76 Å². The quantitative estimate of drug-likeness (QED) is 0.885. The first-order chi connectivity index (χ1) is 11.7. The standard InChI is InChI=1S/C18H24N4O2/c1-14(17-6-4-12-24-17)20-18(23)21-15-7-10-22(11-8-15)13-16-5-2-3-9-19-16/h2-6,9,12,14-15H,7-8,10-11,13H2,1H3,(H2,20,21,23)/t14-/m0/s1. The first-order valence-electron chi connectivity index (χ1n) is 8.43. The van der Waals surface area contributed by atoms with Crippen LogP contribution in [0.5, 0.6) is 0 Å². The van der Waals surface area contributed by atoms with Crippen molar-refractivity contribution in [2.24, 2.45) is 0 Å². The molecule has 2 aromatic heterocycles. The van der Waals surface area contributed by atoms with Crippen LogP contribution in [0, 0.1) is 0 Å². The van der Waals surface area contributed by atoms with Crippen LogP contribution in [0.4, 0.5) is 4.79 Å². The first kappa shape index (κ1) is 16.5. The van der Waals surface area contributed by atoms with E-state index in [1.54, 1.807) is 6.26 Å². The zero-order valence-electron chi connectivity index (χ0n) is 13.9. The molecule has 0 spiro atoms. The number of urea groups is 1. The number of nitrogens with one attached hydrogen (secondary N) is 2. The van der Waals surface area contributed by atoms with Crippen molar-refractivity contribution >= 4 is 6.03 Å². The van der Waals surface area contributed by atoms with Gasteiger partial charge in [-0.25, -0.2) is 4.79 Å². The Hall–Kier alpha value is -2.34. The van der Waals surface area contributed by atoms with E-state index in [0.29, 0.717) is 0 Å². The van der Waals surface area contributed by atoms with Gasteiger partial charge in [-0.15, -0.1) is 0 Å². The van der Waals surface area contributed by atoms with Crippen molar-refractivity contribution in [1.29, 1.82) is 0 Å². The molecule has 0 radical (unpaired) electrons. The number of carbonyl (C=O) groups is 1. The van der Waals surface area contributed by atoms with Gasteiger partial charge >= 0.3 is 6.03 Å². The van der Waals surface area contributed by atoms with E-state index in [4.69, 9.17) is 4.42 Å². The molecule has 1 saturated heterocycles. The Labute approximate surface area is 142 Å². The minimum absolute atomic E-state index is 0.135. The highest BCUT2D eigenvalue weighted by molar-refractivity contribution is 5.74. The summed E-state index contributed by atoms with van der Waals surface area (Å²) >= 11 is 0. The molecule has 0 bridgehead atoms. The smallest absolute Gasteiger partial charge is 0.315 e. The summed E-state index contributed by atoms with van der Waals surface area (Å²) in [6, 6.07) is 9.63. The van der Waals surface area contributed by atoms with Crippen molar-refractivity contribution in [2.45, 2.75) is 38.4 Å². The number of nitrogens with zero attached hydrogens (tertiary/aromatic N) is 2. The van der Waals surface area contributed by atoms with Crippen molar-refractivity contribution in [3.8, 4) is 0 Å². The van der Waals surface area contributed by atoms with Crippen LogP contribution in [0.25, 0.3) is 0 Å². The van der Waals surface area contributed by atoms with Gasteiger partial charge in [-0.05, 0) is 44.0 Å². The second-order valence-electron chi connectivity index (χ2n) is 6.23. The predicted molar refractivity (Wildman–Crippen MR) is 91.3 cm³/mol. The second-order valence-corrected chi connectivity index (χ2v) is 6.23. The molecule has 1 aliphatic heterocycles. The summed E-state index contributed by atoms with van der Waals surface area (Å²) in [6.07, 6.45) is 5.35. The molecule has 6 nitrogen and oxygen atoms in total. The highest BCUT2D eigenvalue weighted by atomic mass is 16.3. The molecular formula is C18H24N4O2. The summed E-state index contributed by atoms with van der Waals surface area (Å²) in [5.41, 5.74) is 1.09. The van der Waals surface area contributed by atoms with Crippen LogP contribution in [0.3, 0.4) is 0 Å². The van der Waals surface area contributed by atoms with Gasteiger partial charge in [-0.3, -0.25) is 9.88 Å². The summed E-state index contributed by atoms with van der Waals surface area (Å²) < 4.78 is 5.30. The molecule has 3 rings (SSSR count). The molecule has 0 unspecified atom stereocenters. The number of furan rings is 1. The third-order valence-corrected chi connectivity index (χ3v) is 4.35. The summed E-state index contributed by atoms with van der Waals surface area (Å²) in [4.78, 5) is 18.8. The molecule has 1 aliphatic rings. The normalized spacial score (nSPS) is 17.4. The van der Waals surface area contributed by atoms with Gasteiger partial charge in [0.05, 0.1) is 18.0 Å². The monoisotopic (exact) mass is 328 g/mol. The molecule has 0 aromatic carbocycles. The van der Waals surface area contributed by atoms with Crippen molar-refractivity contribution in [3.63, 3.8) is 0 Å². The second kappa shape index (κ2) is 7.97. The fourth-order valence-electron chi connectivity index (χ4n) is 2.99. The van der Waals surface area contributed by atoms with Crippen LogP contribution >= 0.6 is 0 Å². The van der Waals surface area contributed by atoms with Crippen molar-refractivity contribution in [2.75, 3.05) is 13.1 Å². The highest BCUT2D eigenvalue weighted by Crippen LogP contribution is 2.14. The number of pyridine rings is 1. The van der Waals surface area contributed by atoms with Gasteiger partial charge in [-0.1, -0.05) is 6.07 Å². The van der Waals surface area contributed by atoms with Gasteiger partial charge in [0.25, 0.3) is 0 Å². The molecular weight excluding hydrogens is 304 g/mol. The molecule has 0 saturated carbocycles. The molecule has 2 aromatic rings. The number of rotatable bonds is 5. The summed E-state index contributed by atoms with van der Waals surface area (Å²) in [5.74, 6) is 0.760.